The molecular formula is C13H14ClFN4O. The number of aliphatic imine (C=N–C) groups is 1. The Kier molecular flexibility index (Phi) is 4.57. The fourth-order valence-electron chi connectivity index (χ4n) is 1.57. The summed E-state index contributed by atoms with van der Waals surface area (Å²) in [6.45, 7) is 0.236. The third kappa shape index (κ3) is 3.48. The van der Waals surface area contributed by atoms with E-state index in [0.717, 1.165) is 5.69 Å². The summed E-state index contributed by atoms with van der Waals surface area (Å²) in [5.74, 6) is -0.0274. The Hall–Kier alpha value is -2.08. The topological polar surface area (TPSA) is 65.4 Å². The average Bonchev–Trinajstić information content (AvgIpc) is 2.83. The normalized spacial score (nSPS) is 11.7. The van der Waals surface area contributed by atoms with Gasteiger partial charge in [-0.3, -0.25) is 4.68 Å². The number of amidine groups is 1. The minimum Gasteiger partial charge on any atom is -0.484 e. The second kappa shape index (κ2) is 6.38. The summed E-state index contributed by atoms with van der Waals surface area (Å²) in [6.07, 6.45) is 1.65. The molecule has 106 valence electrons. The number of benzene rings is 1. The predicted octanol–water partition coefficient (Wildman–Crippen LogP) is 2.37. The number of rotatable bonds is 5. The lowest BCUT2D eigenvalue weighted by Gasteiger charge is -2.08. The van der Waals surface area contributed by atoms with E-state index in [-0.39, 0.29) is 24.1 Å². The molecule has 0 atom stereocenters. The van der Waals surface area contributed by atoms with Crippen molar-refractivity contribution in [3.8, 4) is 5.75 Å². The first-order valence-electron chi connectivity index (χ1n) is 5.88. The zero-order valence-corrected chi connectivity index (χ0v) is 11.6. The van der Waals surface area contributed by atoms with Crippen LogP contribution in [0.4, 0.5) is 10.1 Å². The standard InChI is InChI=1S/C13H14ClFN4O/c1-19-10(4-5-17-19)8-20-12-3-2-9(6-11(12)15)18-13(16)7-14/h2-6H,7-8H2,1H3,(H2,16,18). The first kappa shape index (κ1) is 14.3. The molecular weight excluding hydrogens is 283 g/mol. The van der Waals surface area contributed by atoms with Crippen LogP contribution in [0.3, 0.4) is 0 Å². The van der Waals surface area contributed by atoms with Crippen molar-refractivity contribution in [3.05, 3.63) is 42.0 Å². The molecule has 1 heterocycles. The molecule has 0 spiro atoms. The van der Waals surface area contributed by atoms with Gasteiger partial charge in [-0.15, -0.1) is 11.6 Å². The maximum absolute atomic E-state index is 13.8. The molecule has 2 N–H and O–H groups in total. The molecule has 0 saturated carbocycles. The molecule has 0 fully saturated rings. The molecule has 5 nitrogen and oxygen atoms in total. The molecule has 0 unspecified atom stereocenters. The van der Waals surface area contributed by atoms with E-state index in [4.69, 9.17) is 22.1 Å². The Bertz CT molecular complexity index is 627. The van der Waals surface area contributed by atoms with Gasteiger partial charge in [-0.1, -0.05) is 0 Å². The maximum atomic E-state index is 13.8. The first-order chi connectivity index (χ1) is 9.60. The lowest BCUT2D eigenvalue weighted by atomic mass is 10.3. The Labute approximate surface area is 120 Å². The molecule has 0 radical (unpaired) electrons. The Balaban J connectivity index is 2.08. The monoisotopic (exact) mass is 296 g/mol. The van der Waals surface area contributed by atoms with Crippen molar-refractivity contribution in [2.75, 3.05) is 5.88 Å². The lowest BCUT2D eigenvalue weighted by Crippen LogP contribution is -2.12. The van der Waals surface area contributed by atoms with Crippen LogP contribution in [0.25, 0.3) is 0 Å². The van der Waals surface area contributed by atoms with Gasteiger partial charge in [0.25, 0.3) is 0 Å². The summed E-state index contributed by atoms with van der Waals surface area (Å²) < 4.78 is 20.9. The molecule has 2 rings (SSSR count). The molecule has 20 heavy (non-hydrogen) atoms. The predicted molar refractivity (Wildman–Crippen MR) is 75.9 cm³/mol. The third-order valence-corrected chi connectivity index (χ3v) is 2.90. The lowest BCUT2D eigenvalue weighted by molar-refractivity contribution is 0.280. The zero-order valence-electron chi connectivity index (χ0n) is 10.9. The van der Waals surface area contributed by atoms with Crippen molar-refractivity contribution in [3.63, 3.8) is 0 Å². The number of hydrogen-bond donors (Lipinski definition) is 1. The van der Waals surface area contributed by atoms with E-state index < -0.39 is 5.82 Å². The number of ether oxygens (including phenoxy) is 1. The molecule has 0 saturated heterocycles. The van der Waals surface area contributed by atoms with Gasteiger partial charge in [-0.25, -0.2) is 9.38 Å². The van der Waals surface area contributed by atoms with Gasteiger partial charge < -0.3 is 10.5 Å². The molecule has 0 amide bonds. The molecule has 7 heteroatoms. The van der Waals surface area contributed by atoms with E-state index in [1.165, 1.54) is 12.1 Å². The number of hydrogen-bond acceptors (Lipinski definition) is 3. The average molecular weight is 297 g/mol. The second-order valence-corrected chi connectivity index (χ2v) is 4.35. The molecule has 0 aliphatic rings. The van der Waals surface area contributed by atoms with Crippen molar-refractivity contribution < 1.29 is 9.13 Å². The van der Waals surface area contributed by atoms with E-state index in [1.807, 2.05) is 0 Å². The number of halogens is 2. The number of aromatic nitrogens is 2. The smallest absolute Gasteiger partial charge is 0.167 e. The zero-order chi connectivity index (χ0) is 14.5. The van der Waals surface area contributed by atoms with Crippen LogP contribution in [0.1, 0.15) is 5.69 Å². The molecule has 2 aromatic rings. The molecule has 1 aromatic heterocycles. The summed E-state index contributed by atoms with van der Waals surface area (Å²) in [7, 11) is 1.79. The molecule has 1 aromatic carbocycles. The summed E-state index contributed by atoms with van der Waals surface area (Å²) in [5.41, 5.74) is 6.73. The summed E-state index contributed by atoms with van der Waals surface area (Å²) in [5, 5.41) is 4.01. The van der Waals surface area contributed by atoms with Gasteiger partial charge >= 0.3 is 0 Å². The van der Waals surface area contributed by atoms with Gasteiger partial charge in [0, 0.05) is 19.3 Å². The SMILES string of the molecule is Cn1nccc1COc1ccc(N=C(N)CCl)cc1F. The fraction of sp³-hybridized carbons (Fsp3) is 0.231. The third-order valence-electron chi connectivity index (χ3n) is 2.62. The van der Waals surface area contributed by atoms with Crippen molar-refractivity contribution in [2.24, 2.45) is 17.8 Å². The van der Waals surface area contributed by atoms with E-state index in [2.05, 4.69) is 10.1 Å². The highest BCUT2D eigenvalue weighted by Gasteiger charge is 2.06. The van der Waals surface area contributed by atoms with Crippen molar-refractivity contribution in [1.29, 1.82) is 0 Å². The Morgan fingerprint density at radius 2 is 2.30 bits per heavy atom. The largest absolute Gasteiger partial charge is 0.484 e. The van der Waals surface area contributed by atoms with E-state index >= 15 is 0 Å². The highest BCUT2D eigenvalue weighted by Crippen LogP contribution is 2.23. The minimum absolute atomic E-state index is 0.0976. The quantitative estimate of drug-likeness (QED) is 0.523. The molecule has 0 aliphatic heterocycles. The van der Waals surface area contributed by atoms with Crippen LogP contribution in [0.5, 0.6) is 5.75 Å². The Morgan fingerprint density at radius 3 is 2.90 bits per heavy atom. The van der Waals surface area contributed by atoms with Crippen LogP contribution < -0.4 is 10.5 Å². The number of nitrogens with two attached hydrogens (primary N) is 1. The summed E-state index contributed by atoms with van der Waals surface area (Å²) in [4.78, 5) is 3.96. The van der Waals surface area contributed by atoms with Crippen LogP contribution in [0.15, 0.2) is 35.5 Å². The van der Waals surface area contributed by atoms with E-state index in [9.17, 15) is 4.39 Å². The number of aryl methyl sites for hydroxylation is 1. The minimum atomic E-state index is -0.504. The van der Waals surface area contributed by atoms with Gasteiger partial charge in [-0.2, -0.15) is 5.10 Å². The fourth-order valence-corrected chi connectivity index (χ4v) is 1.63. The molecule has 0 aliphatic carbocycles. The second-order valence-electron chi connectivity index (χ2n) is 4.09. The summed E-state index contributed by atoms with van der Waals surface area (Å²) >= 11 is 5.51. The van der Waals surface area contributed by atoms with Gasteiger partial charge in [0.05, 0.1) is 17.3 Å². The summed E-state index contributed by atoms with van der Waals surface area (Å²) in [6, 6.07) is 6.17. The van der Waals surface area contributed by atoms with Gasteiger partial charge in [0.2, 0.25) is 0 Å². The first-order valence-corrected chi connectivity index (χ1v) is 6.42. The van der Waals surface area contributed by atoms with E-state index in [0.29, 0.717) is 5.69 Å². The van der Waals surface area contributed by atoms with Crippen molar-refractivity contribution in [1.82, 2.24) is 9.78 Å². The van der Waals surface area contributed by atoms with Crippen molar-refractivity contribution in [2.45, 2.75) is 6.61 Å². The highest BCUT2D eigenvalue weighted by atomic mass is 35.5. The van der Waals surface area contributed by atoms with Gasteiger partial charge in [0.1, 0.15) is 12.4 Å². The van der Waals surface area contributed by atoms with Crippen molar-refractivity contribution >= 4 is 23.1 Å². The number of alkyl halides is 1. The molecule has 0 bridgehead atoms. The Morgan fingerprint density at radius 1 is 1.50 bits per heavy atom. The van der Waals surface area contributed by atoms with Crippen LogP contribution in [0.2, 0.25) is 0 Å². The maximum Gasteiger partial charge on any atom is 0.167 e. The highest BCUT2D eigenvalue weighted by molar-refractivity contribution is 6.28. The van der Waals surface area contributed by atoms with Crippen LogP contribution in [-0.4, -0.2) is 21.5 Å². The van der Waals surface area contributed by atoms with Crippen LogP contribution >= 0.6 is 11.6 Å². The van der Waals surface area contributed by atoms with Gasteiger partial charge in [-0.05, 0) is 18.2 Å². The number of nitrogens with zero attached hydrogens (tertiary/aromatic N) is 3. The van der Waals surface area contributed by atoms with E-state index in [1.54, 1.807) is 30.1 Å². The van der Waals surface area contributed by atoms with Gasteiger partial charge in [0.15, 0.2) is 11.6 Å². The van der Waals surface area contributed by atoms with Crippen LogP contribution in [-0.2, 0) is 13.7 Å². The van der Waals surface area contributed by atoms with Crippen LogP contribution in [0, 0.1) is 5.82 Å².